The highest BCUT2D eigenvalue weighted by Crippen LogP contribution is 2.64. The van der Waals surface area contributed by atoms with E-state index in [0.717, 1.165) is 10.8 Å². The van der Waals surface area contributed by atoms with Crippen molar-refractivity contribution in [2.45, 2.75) is 63.3 Å². The largest absolute Gasteiger partial charge is 0.394 e. The molecule has 0 radical (unpaired) electrons. The van der Waals surface area contributed by atoms with Gasteiger partial charge in [-0.2, -0.15) is 0 Å². The number of amides is 3. The van der Waals surface area contributed by atoms with Crippen molar-refractivity contribution in [3.05, 3.63) is 42.5 Å². The second kappa shape index (κ2) is 8.85. The molecule has 0 aliphatic carbocycles. The molecule has 2 bridgehead atoms. The van der Waals surface area contributed by atoms with Crippen molar-refractivity contribution < 1.29 is 24.2 Å². The quantitative estimate of drug-likeness (QED) is 0.550. The van der Waals surface area contributed by atoms with Crippen LogP contribution in [0, 0.1) is 17.8 Å². The van der Waals surface area contributed by atoms with Gasteiger partial charge < -0.3 is 25.4 Å². The van der Waals surface area contributed by atoms with Gasteiger partial charge in [0.25, 0.3) is 0 Å². The summed E-state index contributed by atoms with van der Waals surface area (Å²) in [6.45, 7) is 5.52. The average Bonchev–Trinajstić information content (AvgIpc) is 3.47. The van der Waals surface area contributed by atoms with Gasteiger partial charge in [0.05, 0.1) is 30.1 Å². The van der Waals surface area contributed by atoms with Crippen LogP contribution in [0.2, 0.25) is 0 Å². The number of carbonyl (C=O) groups excluding carboxylic acids is 3. The Labute approximate surface area is 211 Å². The van der Waals surface area contributed by atoms with Crippen molar-refractivity contribution in [1.29, 1.82) is 0 Å². The van der Waals surface area contributed by atoms with Crippen molar-refractivity contribution in [2.75, 3.05) is 19.0 Å². The molecule has 3 saturated heterocycles. The van der Waals surface area contributed by atoms with Crippen molar-refractivity contribution >= 4 is 34.2 Å². The number of nitrogens with zero attached hydrogens (tertiary/aromatic N) is 1. The number of nitrogens with one attached hydrogen (secondary N) is 2. The third-order valence-corrected chi connectivity index (χ3v) is 8.73. The fourth-order valence-corrected chi connectivity index (χ4v) is 6.96. The Morgan fingerprint density at radius 1 is 1.14 bits per heavy atom. The molecule has 3 fully saturated rings. The van der Waals surface area contributed by atoms with Crippen LogP contribution < -0.4 is 10.6 Å². The van der Waals surface area contributed by atoms with E-state index in [2.05, 4.69) is 10.6 Å². The third-order valence-electron chi connectivity index (χ3n) is 8.73. The molecule has 2 aromatic rings. The fraction of sp³-hybridized carbons (Fsp3) is 0.536. The highest BCUT2D eigenvalue weighted by Gasteiger charge is 2.79. The van der Waals surface area contributed by atoms with E-state index < -0.39 is 35.1 Å². The van der Waals surface area contributed by atoms with E-state index >= 15 is 0 Å². The minimum Gasteiger partial charge on any atom is -0.394 e. The summed E-state index contributed by atoms with van der Waals surface area (Å²) in [7, 11) is 1.57. The van der Waals surface area contributed by atoms with E-state index in [1.165, 1.54) is 4.90 Å². The monoisotopic (exact) mass is 493 g/mol. The van der Waals surface area contributed by atoms with Gasteiger partial charge in [-0.25, -0.2) is 0 Å². The van der Waals surface area contributed by atoms with Crippen molar-refractivity contribution in [3.8, 4) is 0 Å². The smallest absolute Gasteiger partial charge is 0.250 e. The summed E-state index contributed by atoms with van der Waals surface area (Å²) in [5.74, 6) is -2.43. The molecule has 3 N–H and O–H groups in total. The lowest BCUT2D eigenvalue weighted by atomic mass is 9.65. The summed E-state index contributed by atoms with van der Waals surface area (Å²) >= 11 is 0. The van der Waals surface area contributed by atoms with Crippen molar-refractivity contribution in [3.63, 3.8) is 0 Å². The van der Waals surface area contributed by atoms with Gasteiger partial charge in [-0.1, -0.05) is 51.1 Å². The predicted octanol–water partition coefficient (Wildman–Crippen LogP) is 2.70. The Morgan fingerprint density at radius 2 is 1.86 bits per heavy atom. The molecule has 3 aliphatic rings. The first kappa shape index (κ1) is 24.7. The number of fused-ring (bicyclic) bond motifs is 2. The first-order chi connectivity index (χ1) is 17.2. The minimum atomic E-state index is -1.12. The van der Waals surface area contributed by atoms with Crippen LogP contribution in [0.3, 0.4) is 0 Å². The molecule has 1 spiro atoms. The number of likely N-dealkylation sites (tertiary alicyclic amines) is 1. The molecular weight excluding hydrogens is 458 g/mol. The van der Waals surface area contributed by atoms with Crippen LogP contribution in [-0.4, -0.2) is 64.7 Å². The van der Waals surface area contributed by atoms with Crippen molar-refractivity contribution in [1.82, 2.24) is 10.2 Å². The standard InChI is InChI=1S/C28H35N3O5/c1-5-27-12-13-28(36-27)22(21(27)24(33)29-4)26(35)31(20(15-32)16(2)3)23(28)25(34)30-19-11-10-17-8-6-7-9-18(17)14-19/h6-11,14,16,20-23,32H,5,12-13,15H2,1-4H3,(H,29,33)(H,30,34)/t20-,21-,22-,23?,27+,28?/m0/s1. The molecule has 192 valence electrons. The van der Waals surface area contributed by atoms with Crippen LogP contribution in [0.25, 0.3) is 10.8 Å². The number of ether oxygens (including phenoxy) is 1. The van der Waals surface area contributed by atoms with Crippen LogP contribution in [0.5, 0.6) is 0 Å². The molecule has 36 heavy (non-hydrogen) atoms. The number of rotatable bonds is 7. The van der Waals surface area contributed by atoms with Gasteiger partial charge in [0, 0.05) is 12.7 Å². The molecule has 3 heterocycles. The normalized spacial score (nSPS) is 31.7. The third kappa shape index (κ3) is 3.38. The number of benzene rings is 2. The van der Waals surface area contributed by atoms with Crippen LogP contribution in [0.4, 0.5) is 5.69 Å². The lowest BCUT2D eigenvalue weighted by molar-refractivity contribution is -0.150. The van der Waals surface area contributed by atoms with Gasteiger partial charge in [0.15, 0.2) is 0 Å². The first-order valence-electron chi connectivity index (χ1n) is 12.9. The van der Waals surface area contributed by atoms with Crippen LogP contribution in [0.1, 0.15) is 40.0 Å². The zero-order valence-electron chi connectivity index (χ0n) is 21.3. The van der Waals surface area contributed by atoms with E-state index in [1.54, 1.807) is 7.05 Å². The summed E-state index contributed by atoms with van der Waals surface area (Å²) in [5.41, 5.74) is -1.27. The van der Waals surface area contributed by atoms with Gasteiger partial charge in [0.1, 0.15) is 11.6 Å². The van der Waals surface area contributed by atoms with Gasteiger partial charge in [-0.05, 0) is 48.1 Å². The Morgan fingerprint density at radius 3 is 2.50 bits per heavy atom. The number of hydrogen-bond acceptors (Lipinski definition) is 5. The maximum Gasteiger partial charge on any atom is 0.250 e. The van der Waals surface area contributed by atoms with Crippen LogP contribution >= 0.6 is 0 Å². The number of aliphatic hydroxyl groups is 1. The number of anilines is 1. The summed E-state index contributed by atoms with van der Waals surface area (Å²) < 4.78 is 6.71. The molecule has 0 aromatic heterocycles. The highest BCUT2D eigenvalue weighted by molar-refractivity contribution is 6.04. The Hall–Kier alpha value is -2.97. The van der Waals surface area contributed by atoms with Gasteiger partial charge in [0.2, 0.25) is 17.7 Å². The molecule has 2 unspecified atom stereocenters. The lowest BCUT2D eigenvalue weighted by Gasteiger charge is -2.38. The first-order valence-corrected chi connectivity index (χ1v) is 12.9. The second-order valence-corrected chi connectivity index (χ2v) is 10.7. The predicted molar refractivity (Wildman–Crippen MR) is 136 cm³/mol. The Balaban J connectivity index is 1.58. The summed E-state index contributed by atoms with van der Waals surface area (Å²) in [4.78, 5) is 42.8. The zero-order chi connectivity index (χ0) is 25.8. The van der Waals surface area contributed by atoms with Crippen LogP contribution in [0.15, 0.2) is 42.5 Å². The Kier molecular flexibility index (Phi) is 6.08. The Bertz CT molecular complexity index is 1210. The summed E-state index contributed by atoms with van der Waals surface area (Å²) in [5, 5.41) is 18.1. The maximum atomic E-state index is 14.1. The molecule has 8 nitrogen and oxygen atoms in total. The molecule has 5 rings (SSSR count). The van der Waals surface area contributed by atoms with E-state index in [0.29, 0.717) is 24.9 Å². The second-order valence-electron chi connectivity index (χ2n) is 10.7. The van der Waals surface area contributed by atoms with E-state index in [4.69, 9.17) is 4.74 Å². The molecule has 3 aliphatic heterocycles. The van der Waals surface area contributed by atoms with Crippen LogP contribution in [-0.2, 0) is 19.1 Å². The molecular formula is C28H35N3O5. The highest BCUT2D eigenvalue weighted by atomic mass is 16.5. The van der Waals surface area contributed by atoms with Crippen molar-refractivity contribution in [2.24, 2.45) is 17.8 Å². The van der Waals surface area contributed by atoms with Gasteiger partial charge in [-0.3, -0.25) is 14.4 Å². The minimum absolute atomic E-state index is 0.0964. The van der Waals surface area contributed by atoms with Gasteiger partial charge >= 0.3 is 0 Å². The molecule has 8 heteroatoms. The van der Waals surface area contributed by atoms with E-state index in [1.807, 2.05) is 63.2 Å². The molecule has 2 aromatic carbocycles. The van der Waals surface area contributed by atoms with Gasteiger partial charge in [-0.15, -0.1) is 0 Å². The summed E-state index contributed by atoms with van der Waals surface area (Å²) in [6, 6.07) is 12.1. The topological polar surface area (TPSA) is 108 Å². The number of aliphatic hydroxyl groups excluding tert-OH is 1. The zero-order valence-corrected chi connectivity index (χ0v) is 21.3. The molecule has 0 saturated carbocycles. The van der Waals surface area contributed by atoms with E-state index in [-0.39, 0.29) is 30.2 Å². The SMILES string of the molecule is CC[C@]12CCC3(O1)C(C(=O)Nc1ccc4ccccc4c1)N([C@@H](CO)C(C)C)C(=O)[C@@H]3[C@H]2C(=O)NC. The fourth-order valence-electron chi connectivity index (χ4n) is 6.96. The summed E-state index contributed by atoms with van der Waals surface area (Å²) in [6.07, 6.45) is 1.68. The van der Waals surface area contributed by atoms with E-state index in [9.17, 15) is 19.5 Å². The molecule has 6 atom stereocenters. The number of hydrogen-bond donors (Lipinski definition) is 3. The number of carbonyl (C=O) groups is 3. The average molecular weight is 494 g/mol. The molecule has 3 amide bonds. The maximum absolute atomic E-state index is 14.1. The lowest BCUT2D eigenvalue weighted by Crippen LogP contribution is -2.57.